The maximum atomic E-state index is 3.52. The highest BCUT2D eigenvalue weighted by Crippen LogP contribution is 2.36. The molecule has 2 nitrogen and oxygen atoms in total. The quantitative estimate of drug-likeness (QED) is 0.638. The van der Waals surface area contributed by atoms with Gasteiger partial charge in [-0.05, 0) is 32.1 Å². The van der Waals surface area contributed by atoms with Gasteiger partial charge in [-0.1, -0.05) is 6.92 Å². The van der Waals surface area contributed by atoms with Crippen molar-refractivity contribution in [1.29, 1.82) is 0 Å². The predicted octanol–water partition coefficient (Wildman–Crippen LogP) is 1.47. The summed E-state index contributed by atoms with van der Waals surface area (Å²) < 4.78 is 0.520. The Morgan fingerprint density at radius 3 is 2.69 bits per heavy atom. The summed E-state index contributed by atoms with van der Waals surface area (Å²) in [7, 11) is 0. The van der Waals surface area contributed by atoms with E-state index in [9.17, 15) is 0 Å². The van der Waals surface area contributed by atoms with Gasteiger partial charge in [-0.25, -0.2) is 0 Å². The van der Waals surface area contributed by atoms with E-state index in [2.05, 4.69) is 36.2 Å². The van der Waals surface area contributed by atoms with Gasteiger partial charge >= 0.3 is 0 Å². The predicted molar refractivity (Wildman–Crippen MR) is 61.5 cm³/mol. The van der Waals surface area contributed by atoms with Crippen LogP contribution < -0.4 is 10.6 Å². The van der Waals surface area contributed by atoms with E-state index < -0.39 is 0 Å². The molecule has 0 aromatic heterocycles. The van der Waals surface area contributed by atoms with E-state index in [4.69, 9.17) is 0 Å². The van der Waals surface area contributed by atoms with E-state index in [0.29, 0.717) is 4.75 Å². The van der Waals surface area contributed by atoms with Gasteiger partial charge in [-0.15, -0.1) is 0 Å². The Labute approximate surface area is 86.2 Å². The summed E-state index contributed by atoms with van der Waals surface area (Å²) in [5, 5.41) is 6.84. The van der Waals surface area contributed by atoms with E-state index >= 15 is 0 Å². The number of thioether (sulfide) groups is 1. The molecule has 0 amide bonds. The number of rotatable bonds is 6. The van der Waals surface area contributed by atoms with Crippen LogP contribution in [0, 0.1) is 0 Å². The highest BCUT2D eigenvalue weighted by molar-refractivity contribution is 8.00. The average Bonchev–Trinajstić information content (AvgIpc) is 2.53. The monoisotopic (exact) mass is 202 g/mol. The first-order valence-electron chi connectivity index (χ1n) is 5.32. The summed E-state index contributed by atoms with van der Waals surface area (Å²) >= 11 is 2.13. The smallest absolute Gasteiger partial charge is 0.0256 e. The van der Waals surface area contributed by atoms with Crippen LogP contribution in [0.15, 0.2) is 0 Å². The Balaban J connectivity index is 1.98. The van der Waals surface area contributed by atoms with Gasteiger partial charge in [0, 0.05) is 24.4 Å². The molecule has 13 heavy (non-hydrogen) atoms. The van der Waals surface area contributed by atoms with Gasteiger partial charge in [0.15, 0.2) is 0 Å². The van der Waals surface area contributed by atoms with Crippen molar-refractivity contribution >= 4 is 11.8 Å². The maximum Gasteiger partial charge on any atom is 0.0256 e. The Morgan fingerprint density at radius 1 is 1.31 bits per heavy atom. The van der Waals surface area contributed by atoms with Crippen LogP contribution in [-0.4, -0.2) is 36.7 Å². The van der Waals surface area contributed by atoms with Crippen molar-refractivity contribution in [1.82, 2.24) is 10.6 Å². The molecular weight excluding hydrogens is 180 g/mol. The van der Waals surface area contributed by atoms with Crippen molar-refractivity contribution in [2.75, 3.05) is 31.9 Å². The van der Waals surface area contributed by atoms with Crippen molar-refractivity contribution in [2.24, 2.45) is 0 Å². The van der Waals surface area contributed by atoms with Crippen LogP contribution in [0.3, 0.4) is 0 Å². The molecule has 1 saturated heterocycles. The third-order valence-electron chi connectivity index (χ3n) is 2.53. The summed E-state index contributed by atoms with van der Waals surface area (Å²) in [5.74, 6) is 1.35. The van der Waals surface area contributed by atoms with Crippen molar-refractivity contribution in [3.63, 3.8) is 0 Å². The summed E-state index contributed by atoms with van der Waals surface area (Å²) in [5.41, 5.74) is 0. The molecule has 0 aliphatic carbocycles. The lowest BCUT2D eigenvalue weighted by Crippen LogP contribution is -2.36. The van der Waals surface area contributed by atoms with Crippen LogP contribution in [0.4, 0.5) is 0 Å². The van der Waals surface area contributed by atoms with Crippen molar-refractivity contribution in [3.05, 3.63) is 0 Å². The molecule has 1 aliphatic heterocycles. The first-order chi connectivity index (χ1) is 6.27. The lowest BCUT2D eigenvalue weighted by Gasteiger charge is -2.22. The zero-order chi connectivity index (χ0) is 9.57. The van der Waals surface area contributed by atoms with Gasteiger partial charge in [0.1, 0.15) is 0 Å². The molecule has 0 aromatic carbocycles. The summed E-state index contributed by atoms with van der Waals surface area (Å²) in [4.78, 5) is 0. The van der Waals surface area contributed by atoms with Gasteiger partial charge in [-0.2, -0.15) is 11.8 Å². The molecule has 0 radical (unpaired) electrons. The fraction of sp³-hybridized carbons (Fsp3) is 1.00. The third-order valence-corrected chi connectivity index (χ3v) is 4.07. The van der Waals surface area contributed by atoms with Gasteiger partial charge in [0.25, 0.3) is 0 Å². The number of hydrogen-bond donors (Lipinski definition) is 2. The minimum Gasteiger partial charge on any atom is -0.316 e. The number of nitrogens with one attached hydrogen (secondary N) is 2. The van der Waals surface area contributed by atoms with E-state index in [1.165, 1.54) is 25.1 Å². The SMILES string of the molecule is CCNCCNCC1(C)CCCS1. The van der Waals surface area contributed by atoms with E-state index in [1.807, 2.05) is 0 Å². The van der Waals surface area contributed by atoms with Crippen LogP contribution in [-0.2, 0) is 0 Å². The fourth-order valence-corrected chi connectivity index (χ4v) is 2.96. The molecule has 1 fully saturated rings. The minimum absolute atomic E-state index is 0.520. The van der Waals surface area contributed by atoms with Crippen LogP contribution in [0.5, 0.6) is 0 Å². The first kappa shape index (κ1) is 11.3. The highest BCUT2D eigenvalue weighted by Gasteiger charge is 2.28. The second kappa shape index (κ2) is 5.89. The molecule has 1 rings (SSSR count). The number of likely N-dealkylation sites (N-methyl/N-ethyl adjacent to an activating group) is 1. The lowest BCUT2D eigenvalue weighted by molar-refractivity contribution is 0.528. The second-order valence-corrected chi connectivity index (χ2v) is 5.61. The molecule has 0 aromatic rings. The summed E-state index contributed by atoms with van der Waals surface area (Å²) in [6.07, 6.45) is 2.78. The zero-order valence-electron chi connectivity index (χ0n) is 8.86. The van der Waals surface area contributed by atoms with E-state index in [1.54, 1.807) is 0 Å². The van der Waals surface area contributed by atoms with Gasteiger partial charge in [0.2, 0.25) is 0 Å². The molecule has 0 spiro atoms. The molecule has 1 unspecified atom stereocenters. The van der Waals surface area contributed by atoms with Crippen LogP contribution >= 0.6 is 11.8 Å². The number of hydrogen-bond acceptors (Lipinski definition) is 3. The second-order valence-electron chi connectivity index (χ2n) is 3.93. The molecular formula is C10H22N2S. The van der Waals surface area contributed by atoms with Crippen molar-refractivity contribution < 1.29 is 0 Å². The Kier molecular flexibility index (Phi) is 5.14. The fourth-order valence-electron chi connectivity index (χ4n) is 1.68. The van der Waals surface area contributed by atoms with E-state index in [-0.39, 0.29) is 0 Å². The molecule has 3 heteroatoms. The highest BCUT2D eigenvalue weighted by atomic mass is 32.2. The maximum absolute atomic E-state index is 3.52. The summed E-state index contributed by atoms with van der Waals surface area (Å²) in [6.45, 7) is 8.97. The molecule has 0 bridgehead atoms. The van der Waals surface area contributed by atoms with Crippen LogP contribution in [0.2, 0.25) is 0 Å². The van der Waals surface area contributed by atoms with Crippen molar-refractivity contribution in [2.45, 2.75) is 31.4 Å². The molecule has 1 atom stereocenters. The Hall–Kier alpha value is 0.270. The Morgan fingerprint density at radius 2 is 2.08 bits per heavy atom. The largest absolute Gasteiger partial charge is 0.316 e. The third kappa shape index (κ3) is 4.34. The van der Waals surface area contributed by atoms with Gasteiger partial charge < -0.3 is 10.6 Å². The van der Waals surface area contributed by atoms with Gasteiger partial charge in [-0.3, -0.25) is 0 Å². The zero-order valence-corrected chi connectivity index (χ0v) is 9.67. The van der Waals surface area contributed by atoms with E-state index in [0.717, 1.165) is 19.6 Å². The average molecular weight is 202 g/mol. The van der Waals surface area contributed by atoms with Gasteiger partial charge in [0.05, 0.1) is 0 Å². The van der Waals surface area contributed by atoms with Crippen LogP contribution in [0.25, 0.3) is 0 Å². The summed E-state index contributed by atoms with van der Waals surface area (Å²) in [6, 6.07) is 0. The molecule has 1 heterocycles. The lowest BCUT2D eigenvalue weighted by atomic mass is 10.1. The van der Waals surface area contributed by atoms with Crippen molar-refractivity contribution in [3.8, 4) is 0 Å². The molecule has 78 valence electrons. The topological polar surface area (TPSA) is 24.1 Å². The standard InChI is InChI=1S/C10H22N2S/c1-3-11-6-7-12-9-10(2)5-4-8-13-10/h11-12H,3-9H2,1-2H3. The molecule has 0 saturated carbocycles. The Bertz CT molecular complexity index is 133. The van der Waals surface area contributed by atoms with Crippen LogP contribution in [0.1, 0.15) is 26.7 Å². The molecule has 1 aliphatic rings. The normalized spacial score (nSPS) is 28.2. The first-order valence-corrected chi connectivity index (χ1v) is 6.31. The molecule has 2 N–H and O–H groups in total. The minimum atomic E-state index is 0.520.